The number of nitrogens with zero attached hydrogens (tertiary/aromatic N) is 1. The summed E-state index contributed by atoms with van der Waals surface area (Å²) in [6, 6.07) is 5.34. The van der Waals surface area contributed by atoms with Gasteiger partial charge >= 0.3 is 5.97 Å². The van der Waals surface area contributed by atoms with Gasteiger partial charge in [0.05, 0.1) is 5.56 Å². The summed E-state index contributed by atoms with van der Waals surface area (Å²) in [7, 11) is 4.03. The Hall–Kier alpha value is -1.07. The van der Waals surface area contributed by atoms with E-state index in [0.717, 1.165) is 19.5 Å². The standard InChI is InChI=1S/C12H17BrN2O2/c1-15(2)8-4-7-14-10-6-3-5-9(13)11(10)12(16)17/h3,5-6,14H,4,7-8H2,1-2H3,(H,16,17). The zero-order valence-electron chi connectivity index (χ0n) is 10.0. The fraction of sp³-hybridized carbons (Fsp3) is 0.417. The third kappa shape index (κ3) is 4.36. The Bertz CT molecular complexity index is 394. The molecule has 94 valence electrons. The molecule has 0 amide bonds. The van der Waals surface area contributed by atoms with E-state index in [4.69, 9.17) is 5.11 Å². The molecule has 0 heterocycles. The Labute approximate surface area is 110 Å². The summed E-state index contributed by atoms with van der Waals surface area (Å²) < 4.78 is 0.600. The first-order chi connectivity index (χ1) is 8.02. The van der Waals surface area contributed by atoms with Crippen LogP contribution in [-0.2, 0) is 0 Å². The molecular formula is C12H17BrN2O2. The van der Waals surface area contributed by atoms with Gasteiger partial charge in [-0.3, -0.25) is 0 Å². The number of aromatic carboxylic acids is 1. The van der Waals surface area contributed by atoms with Crippen LogP contribution in [0, 0.1) is 0 Å². The Kier molecular flexibility index (Phi) is 5.44. The Morgan fingerprint density at radius 3 is 2.76 bits per heavy atom. The number of carboxylic acids is 1. The third-order valence-corrected chi connectivity index (χ3v) is 2.99. The van der Waals surface area contributed by atoms with Crippen molar-refractivity contribution in [3.63, 3.8) is 0 Å². The number of carbonyl (C=O) groups is 1. The van der Waals surface area contributed by atoms with E-state index in [1.807, 2.05) is 20.2 Å². The van der Waals surface area contributed by atoms with E-state index in [2.05, 4.69) is 26.1 Å². The van der Waals surface area contributed by atoms with Crippen LogP contribution >= 0.6 is 15.9 Å². The van der Waals surface area contributed by atoms with Crippen molar-refractivity contribution in [1.29, 1.82) is 0 Å². The minimum atomic E-state index is -0.924. The quantitative estimate of drug-likeness (QED) is 0.793. The van der Waals surface area contributed by atoms with Crippen molar-refractivity contribution in [3.8, 4) is 0 Å². The van der Waals surface area contributed by atoms with Gasteiger partial charge in [0.1, 0.15) is 0 Å². The van der Waals surface area contributed by atoms with Gasteiger partial charge in [-0.2, -0.15) is 0 Å². The normalized spacial score (nSPS) is 10.6. The first-order valence-corrected chi connectivity index (χ1v) is 6.22. The molecule has 1 rings (SSSR count). The summed E-state index contributed by atoms with van der Waals surface area (Å²) in [5, 5.41) is 12.3. The van der Waals surface area contributed by atoms with E-state index in [-0.39, 0.29) is 5.56 Å². The monoisotopic (exact) mass is 300 g/mol. The molecule has 0 saturated heterocycles. The Balaban J connectivity index is 2.64. The summed E-state index contributed by atoms with van der Waals surface area (Å²) in [5.74, 6) is -0.924. The Morgan fingerprint density at radius 1 is 1.47 bits per heavy atom. The van der Waals surface area contributed by atoms with Crippen LogP contribution in [0.1, 0.15) is 16.8 Å². The van der Waals surface area contributed by atoms with Gasteiger partial charge in [0, 0.05) is 16.7 Å². The molecule has 17 heavy (non-hydrogen) atoms. The average molecular weight is 301 g/mol. The maximum Gasteiger partial charge on any atom is 0.338 e. The lowest BCUT2D eigenvalue weighted by molar-refractivity contribution is 0.0697. The second kappa shape index (κ2) is 6.61. The van der Waals surface area contributed by atoms with Crippen LogP contribution in [0.5, 0.6) is 0 Å². The maximum atomic E-state index is 11.1. The number of hydrogen-bond donors (Lipinski definition) is 2. The predicted molar refractivity (Wildman–Crippen MR) is 72.8 cm³/mol. The highest BCUT2D eigenvalue weighted by Crippen LogP contribution is 2.24. The number of hydrogen-bond acceptors (Lipinski definition) is 3. The molecule has 0 saturated carbocycles. The van der Waals surface area contributed by atoms with Crippen molar-refractivity contribution in [2.24, 2.45) is 0 Å². The van der Waals surface area contributed by atoms with E-state index < -0.39 is 5.97 Å². The largest absolute Gasteiger partial charge is 0.478 e. The number of rotatable bonds is 6. The molecule has 2 N–H and O–H groups in total. The van der Waals surface area contributed by atoms with Crippen molar-refractivity contribution in [1.82, 2.24) is 4.90 Å². The molecule has 0 atom stereocenters. The molecule has 0 aliphatic heterocycles. The van der Waals surface area contributed by atoms with Crippen molar-refractivity contribution >= 4 is 27.6 Å². The number of nitrogens with one attached hydrogen (secondary N) is 1. The van der Waals surface area contributed by atoms with Gasteiger partial charge in [-0.25, -0.2) is 4.79 Å². The predicted octanol–water partition coefficient (Wildman–Crippen LogP) is 2.51. The van der Waals surface area contributed by atoms with Crippen molar-refractivity contribution in [2.45, 2.75) is 6.42 Å². The first kappa shape index (κ1) is 14.0. The molecule has 1 aromatic rings. The molecule has 0 spiro atoms. The highest BCUT2D eigenvalue weighted by atomic mass is 79.9. The summed E-state index contributed by atoms with van der Waals surface area (Å²) in [6.45, 7) is 1.73. The van der Waals surface area contributed by atoms with Crippen molar-refractivity contribution in [2.75, 3.05) is 32.5 Å². The van der Waals surface area contributed by atoms with E-state index in [9.17, 15) is 4.79 Å². The molecule has 0 unspecified atom stereocenters. The molecule has 0 aliphatic carbocycles. The van der Waals surface area contributed by atoms with Crippen LogP contribution in [0.4, 0.5) is 5.69 Å². The fourth-order valence-corrected chi connectivity index (χ4v) is 2.04. The highest BCUT2D eigenvalue weighted by molar-refractivity contribution is 9.10. The summed E-state index contributed by atoms with van der Waals surface area (Å²) in [4.78, 5) is 13.2. The fourth-order valence-electron chi connectivity index (χ4n) is 1.51. The summed E-state index contributed by atoms with van der Waals surface area (Å²) >= 11 is 3.25. The van der Waals surface area contributed by atoms with Crippen LogP contribution in [0.25, 0.3) is 0 Å². The first-order valence-electron chi connectivity index (χ1n) is 5.42. The molecular weight excluding hydrogens is 284 g/mol. The molecule has 0 fully saturated rings. The lowest BCUT2D eigenvalue weighted by atomic mass is 10.2. The van der Waals surface area contributed by atoms with Crippen LogP contribution in [0.15, 0.2) is 22.7 Å². The third-order valence-electron chi connectivity index (χ3n) is 2.33. The van der Waals surface area contributed by atoms with Gasteiger partial charge in [0.15, 0.2) is 0 Å². The molecule has 0 bridgehead atoms. The number of carboxylic acid groups (broad SMARTS) is 1. The van der Waals surface area contributed by atoms with Crippen LogP contribution in [0.2, 0.25) is 0 Å². The van der Waals surface area contributed by atoms with E-state index >= 15 is 0 Å². The zero-order chi connectivity index (χ0) is 12.8. The van der Waals surface area contributed by atoms with Crippen LogP contribution < -0.4 is 5.32 Å². The van der Waals surface area contributed by atoms with Gasteiger partial charge in [-0.05, 0) is 55.1 Å². The van der Waals surface area contributed by atoms with E-state index in [1.165, 1.54) is 0 Å². The number of benzene rings is 1. The van der Waals surface area contributed by atoms with E-state index in [0.29, 0.717) is 10.2 Å². The Morgan fingerprint density at radius 2 is 2.18 bits per heavy atom. The lowest BCUT2D eigenvalue weighted by Crippen LogP contribution is -2.17. The summed E-state index contributed by atoms with van der Waals surface area (Å²) in [5.41, 5.74) is 0.947. The smallest absolute Gasteiger partial charge is 0.338 e. The topological polar surface area (TPSA) is 52.6 Å². The molecule has 0 aromatic heterocycles. The molecule has 1 aromatic carbocycles. The average Bonchev–Trinajstić information content (AvgIpc) is 2.23. The van der Waals surface area contributed by atoms with Crippen molar-refractivity contribution in [3.05, 3.63) is 28.2 Å². The van der Waals surface area contributed by atoms with Gasteiger partial charge in [-0.1, -0.05) is 6.07 Å². The number of anilines is 1. The molecule has 0 aliphatic rings. The van der Waals surface area contributed by atoms with Gasteiger partial charge in [0.2, 0.25) is 0 Å². The highest BCUT2D eigenvalue weighted by Gasteiger charge is 2.13. The number of halogens is 1. The van der Waals surface area contributed by atoms with E-state index in [1.54, 1.807) is 12.1 Å². The molecule has 0 radical (unpaired) electrons. The summed E-state index contributed by atoms with van der Waals surface area (Å²) in [6.07, 6.45) is 0.971. The second-order valence-corrected chi connectivity index (χ2v) is 4.91. The van der Waals surface area contributed by atoms with Gasteiger partial charge in [0.25, 0.3) is 0 Å². The minimum Gasteiger partial charge on any atom is -0.478 e. The van der Waals surface area contributed by atoms with Gasteiger partial charge in [-0.15, -0.1) is 0 Å². The van der Waals surface area contributed by atoms with Crippen LogP contribution in [-0.4, -0.2) is 43.2 Å². The SMILES string of the molecule is CN(C)CCCNc1cccc(Br)c1C(=O)O. The van der Waals surface area contributed by atoms with Crippen LogP contribution in [0.3, 0.4) is 0 Å². The second-order valence-electron chi connectivity index (χ2n) is 4.05. The maximum absolute atomic E-state index is 11.1. The molecule has 4 nitrogen and oxygen atoms in total. The lowest BCUT2D eigenvalue weighted by Gasteiger charge is -2.12. The van der Waals surface area contributed by atoms with Crippen molar-refractivity contribution < 1.29 is 9.90 Å². The minimum absolute atomic E-state index is 0.289. The molecule has 5 heteroatoms. The van der Waals surface area contributed by atoms with Gasteiger partial charge < -0.3 is 15.3 Å². The zero-order valence-corrected chi connectivity index (χ0v) is 11.6.